The van der Waals surface area contributed by atoms with Crippen LogP contribution in [0.15, 0.2) is 12.3 Å². The molecule has 0 aliphatic heterocycles. The number of rotatable bonds is 8. The number of anilines is 2. The number of nitrogens with one attached hydrogen (secondary N) is 1. The highest BCUT2D eigenvalue weighted by Gasteiger charge is 2.15. The summed E-state index contributed by atoms with van der Waals surface area (Å²) >= 11 is 0. The molecule has 6 heteroatoms. The number of aliphatic carboxylic acids is 1. The van der Waals surface area contributed by atoms with Gasteiger partial charge in [0.1, 0.15) is 5.82 Å². The molecule has 0 amide bonds. The third-order valence-corrected chi connectivity index (χ3v) is 2.88. The van der Waals surface area contributed by atoms with Crippen LogP contribution in [0.2, 0.25) is 0 Å². The summed E-state index contributed by atoms with van der Waals surface area (Å²) in [5, 5.41) is 12.2. The molecule has 0 saturated heterocycles. The fraction of sp³-hybridized carbons (Fsp3) is 0.643. The molecule has 0 bridgehead atoms. The van der Waals surface area contributed by atoms with Gasteiger partial charge in [-0.2, -0.15) is 4.98 Å². The van der Waals surface area contributed by atoms with E-state index in [9.17, 15) is 4.79 Å². The van der Waals surface area contributed by atoms with Gasteiger partial charge in [0.15, 0.2) is 0 Å². The Kier molecular flexibility index (Phi) is 6.21. The number of carboxylic acids is 1. The Labute approximate surface area is 120 Å². The van der Waals surface area contributed by atoms with Gasteiger partial charge in [-0.15, -0.1) is 0 Å². The maximum absolute atomic E-state index is 10.9. The normalized spacial score (nSPS) is 12.2. The van der Waals surface area contributed by atoms with Gasteiger partial charge in [0, 0.05) is 33.3 Å². The highest BCUT2D eigenvalue weighted by Crippen LogP contribution is 2.17. The van der Waals surface area contributed by atoms with Crippen LogP contribution in [-0.4, -0.2) is 41.7 Å². The van der Waals surface area contributed by atoms with Crippen molar-refractivity contribution in [1.82, 2.24) is 9.97 Å². The quantitative estimate of drug-likeness (QED) is 0.759. The van der Waals surface area contributed by atoms with Crippen molar-refractivity contribution in [2.24, 2.45) is 11.8 Å². The van der Waals surface area contributed by atoms with E-state index in [1.807, 2.05) is 19.0 Å². The van der Waals surface area contributed by atoms with E-state index in [1.165, 1.54) is 0 Å². The van der Waals surface area contributed by atoms with Crippen LogP contribution in [-0.2, 0) is 4.79 Å². The second-order valence-electron chi connectivity index (χ2n) is 5.61. The summed E-state index contributed by atoms with van der Waals surface area (Å²) in [7, 11) is 3.76. The topological polar surface area (TPSA) is 78.4 Å². The van der Waals surface area contributed by atoms with E-state index in [0.717, 1.165) is 12.2 Å². The highest BCUT2D eigenvalue weighted by molar-refractivity contribution is 5.67. The number of hydrogen-bond acceptors (Lipinski definition) is 5. The van der Waals surface area contributed by atoms with Gasteiger partial charge in [-0.3, -0.25) is 4.79 Å². The monoisotopic (exact) mass is 280 g/mol. The molecule has 20 heavy (non-hydrogen) atoms. The largest absolute Gasteiger partial charge is 0.481 e. The molecule has 0 aliphatic rings. The van der Waals surface area contributed by atoms with Crippen LogP contribution in [0.5, 0.6) is 0 Å². The highest BCUT2D eigenvalue weighted by atomic mass is 16.4. The first-order chi connectivity index (χ1) is 9.38. The average Bonchev–Trinajstić information content (AvgIpc) is 2.35. The molecule has 1 aromatic heterocycles. The van der Waals surface area contributed by atoms with E-state index in [1.54, 1.807) is 12.3 Å². The molecule has 112 valence electrons. The third kappa shape index (κ3) is 5.86. The van der Waals surface area contributed by atoms with Crippen molar-refractivity contribution in [2.45, 2.75) is 26.7 Å². The van der Waals surface area contributed by atoms with Gasteiger partial charge in [-0.1, -0.05) is 13.8 Å². The van der Waals surface area contributed by atoms with Gasteiger partial charge in [0.05, 0.1) is 0 Å². The van der Waals surface area contributed by atoms with E-state index in [-0.39, 0.29) is 12.3 Å². The first-order valence-electron chi connectivity index (χ1n) is 6.84. The molecule has 0 aromatic carbocycles. The molecule has 1 heterocycles. The average molecular weight is 280 g/mol. The third-order valence-electron chi connectivity index (χ3n) is 2.88. The smallest absolute Gasteiger partial charge is 0.303 e. The van der Waals surface area contributed by atoms with E-state index >= 15 is 0 Å². The molecule has 0 spiro atoms. The molecule has 0 aliphatic carbocycles. The summed E-state index contributed by atoms with van der Waals surface area (Å²) in [5.41, 5.74) is 0. The van der Waals surface area contributed by atoms with E-state index in [0.29, 0.717) is 18.4 Å². The second kappa shape index (κ2) is 7.67. The molecule has 0 fully saturated rings. The standard InChI is InChI=1S/C14H24N4O2/c1-10(2)7-11(8-13(19)20)9-16-12-5-6-15-14(17-12)18(3)4/h5-6,10-11H,7-9H2,1-4H3,(H,19,20)(H,15,16,17). The zero-order valence-electron chi connectivity index (χ0n) is 12.6. The zero-order valence-corrected chi connectivity index (χ0v) is 12.6. The molecule has 1 rings (SSSR count). The first kappa shape index (κ1) is 16.2. The fourth-order valence-corrected chi connectivity index (χ4v) is 2.06. The Hall–Kier alpha value is -1.85. The minimum Gasteiger partial charge on any atom is -0.481 e. The number of nitrogens with zero attached hydrogens (tertiary/aromatic N) is 3. The van der Waals surface area contributed by atoms with Gasteiger partial charge < -0.3 is 15.3 Å². The number of carbonyl (C=O) groups is 1. The minimum atomic E-state index is -0.755. The van der Waals surface area contributed by atoms with E-state index in [4.69, 9.17) is 5.11 Å². The molecular formula is C14H24N4O2. The van der Waals surface area contributed by atoms with Crippen LogP contribution >= 0.6 is 0 Å². The summed E-state index contributed by atoms with van der Waals surface area (Å²) < 4.78 is 0. The lowest BCUT2D eigenvalue weighted by Gasteiger charge is -2.18. The van der Waals surface area contributed by atoms with Crippen molar-refractivity contribution in [3.05, 3.63) is 12.3 Å². The van der Waals surface area contributed by atoms with Gasteiger partial charge in [-0.05, 0) is 24.3 Å². The van der Waals surface area contributed by atoms with Crippen molar-refractivity contribution in [2.75, 3.05) is 30.9 Å². The van der Waals surface area contributed by atoms with E-state index < -0.39 is 5.97 Å². The molecule has 1 unspecified atom stereocenters. The molecule has 6 nitrogen and oxygen atoms in total. The van der Waals surface area contributed by atoms with Gasteiger partial charge in [0.25, 0.3) is 0 Å². The predicted octanol–water partition coefficient (Wildman–Crippen LogP) is 2.09. The van der Waals surface area contributed by atoms with Crippen molar-refractivity contribution in [1.29, 1.82) is 0 Å². The second-order valence-corrected chi connectivity index (χ2v) is 5.61. The molecule has 0 saturated carbocycles. The van der Waals surface area contributed by atoms with Gasteiger partial charge >= 0.3 is 5.97 Å². The van der Waals surface area contributed by atoms with Crippen LogP contribution in [0, 0.1) is 11.8 Å². The number of hydrogen-bond donors (Lipinski definition) is 2. The minimum absolute atomic E-state index is 0.102. The van der Waals surface area contributed by atoms with E-state index in [2.05, 4.69) is 29.1 Å². The van der Waals surface area contributed by atoms with Gasteiger partial charge in [-0.25, -0.2) is 4.98 Å². The van der Waals surface area contributed by atoms with Crippen LogP contribution < -0.4 is 10.2 Å². The zero-order chi connectivity index (χ0) is 15.1. The summed E-state index contributed by atoms with van der Waals surface area (Å²) in [6, 6.07) is 1.79. The maximum Gasteiger partial charge on any atom is 0.303 e. The van der Waals surface area contributed by atoms with Gasteiger partial charge in [0.2, 0.25) is 5.95 Å². The lowest BCUT2D eigenvalue weighted by molar-refractivity contribution is -0.138. The van der Waals surface area contributed by atoms with Crippen molar-refractivity contribution >= 4 is 17.7 Å². The Morgan fingerprint density at radius 2 is 2.15 bits per heavy atom. The molecule has 1 aromatic rings. The lowest BCUT2D eigenvalue weighted by Crippen LogP contribution is -2.21. The number of aromatic nitrogens is 2. The molecular weight excluding hydrogens is 256 g/mol. The van der Waals surface area contributed by atoms with Crippen LogP contribution in [0.3, 0.4) is 0 Å². The summed E-state index contributed by atoms with van der Waals surface area (Å²) in [5.74, 6) is 1.18. The van der Waals surface area contributed by atoms with Crippen molar-refractivity contribution in [3.8, 4) is 0 Å². The molecule has 1 atom stereocenters. The SMILES string of the molecule is CC(C)CC(CNc1ccnc(N(C)C)n1)CC(=O)O. The lowest BCUT2D eigenvalue weighted by atomic mass is 9.94. The Bertz CT molecular complexity index is 435. The first-order valence-corrected chi connectivity index (χ1v) is 6.84. The molecule has 0 radical (unpaired) electrons. The van der Waals surface area contributed by atoms with Crippen molar-refractivity contribution in [3.63, 3.8) is 0 Å². The molecule has 2 N–H and O–H groups in total. The Morgan fingerprint density at radius 1 is 1.45 bits per heavy atom. The van der Waals surface area contributed by atoms with Crippen LogP contribution in [0.25, 0.3) is 0 Å². The summed E-state index contributed by atoms with van der Waals surface area (Å²) in [6.45, 7) is 4.81. The summed E-state index contributed by atoms with van der Waals surface area (Å²) in [6.07, 6.45) is 2.75. The van der Waals surface area contributed by atoms with Crippen LogP contribution in [0.4, 0.5) is 11.8 Å². The van der Waals surface area contributed by atoms with Crippen molar-refractivity contribution < 1.29 is 9.90 Å². The van der Waals surface area contributed by atoms with Crippen LogP contribution in [0.1, 0.15) is 26.7 Å². The maximum atomic E-state index is 10.9. The fourth-order valence-electron chi connectivity index (χ4n) is 2.06. The number of carboxylic acid groups (broad SMARTS) is 1. The predicted molar refractivity (Wildman–Crippen MR) is 80.0 cm³/mol. The Morgan fingerprint density at radius 3 is 2.70 bits per heavy atom. The Balaban J connectivity index is 2.61. The summed E-state index contributed by atoms with van der Waals surface area (Å²) in [4.78, 5) is 21.2.